The minimum atomic E-state index is 0.00113. The van der Waals surface area contributed by atoms with Gasteiger partial charge in [-0.3, -0.25) is 0 Å². The van der Waals surface area contributed by atoms with E-state index in [2.05, 4.69) is 13.8 Å². The highest BCUT2D eigenvalue weighted by Crippen LogP contribution is 2.41. The Morgan fingerprint density at radius 3 is 2.00 bits per heavy atom. The van der Waals surface area contributed by atoms with E-state index in [1.54, 1.807) is 0 Å². The van der Waals surface area contributed by atoms with Crippen LogP contribution in [-0.2, 0) is 0 Å². The first kappa shape index (κ1) is 9.05. The quantitative estimate of drug-likeness (QED) is 0.651. The van der Waals surface area contributed by atoms with Gasteiger partial charge in [0.1, 0.15) is 0 Å². The zero-order valence-corrected chi connectivity index (χ0v) is 7.77. The fraction of sp³-hybridized carbons (Fsp3) is 1.00. The summed E-state index contributed by atoms with van der Waals surface area (Å²) in [6.45, 7) is 4.56. The maximum atomic E-state index is 9.33. The van der Waals surface area contributed by atoms with Crippen molar-refractivity contribution in [3.8, 4) is 0 Å². The highest BCUT2D eigenvalue weighted by Gasteiger charge is 2.30. The van der Waals surface area contributed by atoms with Gasteiger partial charge in [-0.2, -0.15) is 0 Å². The monoisotopic (exact) mass is 156 g/mol. The summed E-state index contributed by atoms with van der Waals surface area (Å²) in [6.07, 6.45) is 7.11. The van der Waals surface area contributed by atoms with Crippen molar-refractivity contribution in [2.24, 2.45) is 5.41 Å². The Balaban J connectivity index is 2.45. The second-order valence-electron chi connectivity index (χ2n) is 3.94. The van der Waals surface area contributed by atoms with E-state index < -0.39 is 0 Å². The largest absolute Gasteiger partial charge is 0.393 e. The molecule has 0 aromatic rings. The lowest BCUT2D eigenvalue weighted by molar-refractivity contribution is 0.0577. The van der Waals surface area contributed by atoms with Crippen LogP contribution in [0.15, 0.2) is 0 Å². The van der Waals surface area contributed by atoms with E-state index in [0.717, 1.165) is 12.8 Å². The van der Waals surface area contributed by atoms with Crippen molar-refractivity contribution >= 4 is 0 Å². The Labute approximate surface area is 69.8 Å². The molecule has 1 saturated carbocycles. The maximum absolute atomic E-state index is 9.33. The Morgan fingerprint density at radius 1 is 1.18 bits per heavy atom. The molecule has 11 heavy (non-hydrogen) atoms. The lowest BCUT2D eigenvalue weighted by Crippen LogP contribution is -2.28. The SMILES string of the molecule is CCC1(CC)CCC(O)CC1. The molecule has 0 amide bonds. The molecule has 0 aromatic heterocycles. The molecule has 1 rings (SSSR count). The van der Waals surface area contributed by atoms with Crippen LogP contribution < -0.4 is 0 Å². The number of aliphatic hydroxyl groups is 1. The second kappa shape index (κ2) is 3.57. The summed E-state index contributed by atoms with van der Waals surface area (Å²) in [5.74, 6) is 0. The average molecular weight is 156 g/mol. The first-order valence-corrected chi connectivity index (χ1v) is 4.90. The van der Waals surface area contributed by atoms with E-state index in [1.165, 1.54) is 25.7 Å². The number of hydrogen-bond donors (Lipinski definition) is 1. The molecule has 0 bridgehead atoms. The van der Waals surface area contributed by atoms with Crippen LogP contribution in [0.4, 0.5) is 0 Å². The van der Waals surface area contributed by atoms with E-state index in [4.69, 9.17) is 0 Å². The third-order valence-electron chi connectivity index (χ3n) is 3.52. The third kappa shape index (κ3) is 1.96. The summed E-state index contributed by atoms with van der Waals surface area (Å²) in [5, 5.41) is 9.33. The molecule has 0 heterocycles. The molecule has 1 nitrogen and oxygen atoms in total. The van der Waals surface area contributed by atoms with E-state index >= 15 is 0 Å². The Hall–Kier alpha value is -0.0400. The molecule has 0 unspecified atom stereocenters. The highest BCUT2D eigenvalue weighted by molar-refractivity contribution is 4.83. The summed E-state index contributed by atoms with van der Waals surface area (Å²) in [4.78, 5) is 0. The van der Waals surface area contributed by atoms with Gasteiger partial charge >= 0.3 is 0 Å². The lowest BCUT2D eigenvalue weighted by atomic mass is 9.70. The van der Waals surface area contributed by atoms with Crippen molar-refractivity contribution in [3.05, 3.63) is 0 Å². The molecule has 1 aliphatic carbocycles. The van der Waals surface area contributed by atoms with Crippen LogP contribution in [0, 0.1) is 5.41 Å². The Kier molecular flexibility index (Phi) is 2.94. The summed E-state index contributed by atoms with van der Waals surface area (Å²) in [7, 11) is 0. The number of aliphatic hydroxyl groups excluding tert-OH is 1. The van der Waals surface area contributed by atoms with Gasteiger partial charge in [0.2, 0.25) is 0 Å². The molecule has 0 aliphatic heterocycles. The van der Waals surface area contributed by atoms with Crippen molar-refractivity contribution in [1.82, 2.24) is 0 Å². The van der Waals surface area contributed by atoms with Crippen molar-refractivity contribution in [2.75, 3.05) is 0 Å². The van der Waals surface area contributed by atoms with E-state index in [-0.39, 0.29) is 6.10 Å². The van der Waals surface area contributed by atoms with Crippen molar-refractivity contribution in [2.45, 2.75) is 58.5 Å². The van der Waals surface area contributed by atoms with Crippen LogP contribution in [-0.4, -0.2) is 11.2 Å². The summed E-state index contributed by atoms with van der Waals surface area (Å²) >= 11 is 0. The normalized spacial score (nSPS) is 25.4. The average Bonchev–Trinajstić information content (AvgIpc) is 2.07. The van der Waals surface area contributed by atoms with Gasteiger partial charge in [-0.25, -0.2) is 0 Å². The molecule has 1 fully saturated rings. The number of hydrogen-bond acceptors (Lipinski definition) is 1. The third-order valence-corrected chi connectivity index (χ3v) is 3.52. The van der Waals surface area contributed by atoms with Crippen molar-refractivity contribution in [1.29, 1.82) is 0 Å². The minimum Gasteiger partial charge on any atom is -0.393 e. The zero-order valence-electron chi connectivity index (χ0n) is 7.77. The molecule has 0 saturated heterocycles. The molecule has 0 atom stereocenters. The standard InChI is InChI=1S/C10H20O/c1-3-10(4-2)7-5-9(11)6-8-10/h9,11H,3-8H2,1-2H3. The molecule has 1 N–H and O–H groups in total. The molecule has 66 valence electrons. The van der Waals surface area contributed by atoms with E-state index in [0.29, 0.717) is 5.41 Å². The van der Waals surface area contributed by atoms with Crippen molar-refractivity contribution < 1.29 is 5.11 Å². The zero-order chi connectivity index (χ0) is 8.32. The van der Waals surface area contributed by atoms with E-state index in [1.807, 2.05) is 0 Å². The first-order valence-electron chi connectivity index (χ1n) is 4.90. The predicted octanol–water partition coefficient (Wildman–Crippen LogP) is 2.73. The van der Waals surface area contributed by atoms with Gasteiger partial charge in [-0.05, 0) is 31.1 Å². The van der Waals surface area contributed by atoms with Crippen LogP contribution in [0.2, 0.25) is 0 Å². The molecular formula is C10H20O. The van der Waals surface area contributed by atoms with Gasteiger partial charge in [0, 0.05) is 0 Å². The van der Waals surface area contributed by atoms with Crippen molar-refractivity contribution in [3.63, 3.8) is 0 Å². The summed E-state index contributed by atoms with van der Waals surface area (Å²) in [5.41, 5.74) is 0.583. The Morgan fingerprint density at radius 2 is 1.64 bits per heavy atom. The Bertz CT molecular complexity index is 106. The molecule has 1 aliphatic rings. The van der Waals surface area contributed by atoms with Gasteiger partial charge in [-0.1, -0.05) is 26.7 Å². The molecule has 0 radical (unpaired) electrons. The number of rotatable bonds is 2. The van der Waals surface area contributed by atoms with Crippen LogP contribution in [0.5, 0.6) is 0 Å². The fourth-order valence-corrected chi connectivity index (χ4v) is 2.17. The predicted molar refractivity (Wildman–Crippen MR) is 47.5 cm³/mol. The van der Waals surface area contributed by atoms with Crippen LogP contribution in [0.3, 0.4) is 0 Å². The van der Waals surface area contributed by atoms with Crippen LogP contribution in [0.25, 0.3) is 0 Å². The van der Waals surface area contributed by atoms with Gasteiger partial charge in [0.15, 0.2) is 0 Å². The smallest absolute Gasteiger partial charge is 0.0540 e. The van der Waals surface area contributed by atoms with Gasteiger partial charge in [0.25, 0.3) is 0 Å². The fourth-order valence-electron chi connectivity index (χ4n) is 2.17. The highest BCUT2D eigenvalue weighted by atomic mass is 16.3. The molecule has 0 spiro atoms. The minimum absolute atomic E-state index is 0.00113. The second-order valence-corrected chi connectivity index (χ2v) is 3.94. The van der Waals surface area contributed by atoms with E-state index in [9.17, 15) is 5.11 Å². The van der Waals surface area contributed by atoms with Gasteiger partial charge in [0.05, 0.1) is 6.10 Å². The van der Waals surface area contributed by atoms with Gasteiger partial charge < -0.3 is 5.11 Å². The topological polar surface area (TPSA) is 20.2 Å². The van der Waals surface area contributed by atoms with Crippen LogP contribution >= 0.6 is 0 Å². The van der Waals surface area contributed by atoms with Gasteiger partial charge in [-0.15, -0.1) is 0 Å². The maximum Gasteiger partial charge on any atom is 0.0540 e. The molecular weight excluding hydrogens is 136 g/mol. The van der Waals surface area contributed by atoms with Crippen LogP contribution in [0.1, 0.15) is 52.4 Å². The molecule has 1 heteroatoms. The lowest BCUT2D eigenvalue weighted by Gasteiger charge is -2.37. The first-order chi connectivity index (χ1) is 5.22. The molecule has 0 aromatic carbocycles. The summed E-state index contributed by atoms with van der Waals surface area (Å²) in [6, 6.07) is 0. The summed E-state index contributed by atoms with van der Waals surface area (Å²) < 4.78 is 0.